The topological polar surface area (TPSA) is 91.5 Å². The minimum atomic E-state index is -5.62. The number of nitrogens with one attached hydrogen (secondary N) is 2. The normalized spacial score (nSPS) is 16.9. The molecule has 2 N–H and O–H groups in total. The number of alkyl halides is 9. The Morgan fingerprint density at radius 3 is 2.06 bits per heavy atom. The molecular formula is C20H18F9N3O4. The first-order valence-electron chi connectivity index (χ1n) is 9.98. The minimum Gasteiger partial charge on any atom is -0.380 e. The molecule has 7 nitrogen and oxygen atoms in total. The van der Waals surface area contributed by atoms with Crippen molar-refractivity contribution >= 4 is 34.4 Å². The van der Waals surface area contributed by atoms with Gasteiger partial charge in [-0.2, -0.15) is 39.5 Å². The molecule has 2 heterocycles. The van der Waals surface area contributed by atoms with Crippen molar-refractivity contribution in [2.75, 3.05) is 18.9 Å². The number of carbonyl (C=O) groups is 3. The zero-order valence-corrected chi connectivity index (χ0v) is 18.2. The van der Waals surface area contributed by atoms with Crippen molar-refractivity contribution in [1.82, 2.24) is 9.88 Å². The van der Waals surface area contributed by atoms with Crippen LogP contribution in [0.4, 0.5) is 45.2 Å². The fraction of sp³-hybridized carbons (Fsp3) is 0.450. The average molecular weight is 535 g/mol. The highest BCUT2D eigenvalue weighted by Crippen LogP contribution is 2.28. The molecule has 0 spiro atoms. The Hall–Kier alpha value is -3.30. The second-order valence-electron chi connectivity index (χ2n) is 7.68. The molecule has 1 aliphatic rings. The summed E-state index contributed by atoms with van der Waals surface area (Å²) < 4.78 is 107. The van der Waals surface area contributed by atoms with Crippen LogP contribution in [0, 0.1) is 0 Å². The summed E-state index contributed by atoms with van der Waals surface area (Å²) in [6.07, 6.45) is -11.1. The van der Waals surface area contributed by atoms with Crippen molar-refractivity contribution in [3.8, 4) is 0 Å². The van der Waals surface area contributed by atoms with Crippen LogP contribution in [0.15, 0.2) is 24.4 Å². The number of nitrogens with zero attached hydrogens (tertiary/aromatic N) is 1. The van der Waals surface area contributed by atoms with Gasteiger partial charge in [0.2, 0.25) is 0 Å². The van der Waals surface area contributed by atoms with Gasteiger partial charge in [0.1, 0.15) is 0 Å². The van der Waals surface area contributed by atoms with Gasteiger partial charge in [-0.3, -0.25) is 4.79 Å². The van der Waals surface area contributed by atoms with Crippen LogP contribution in [-0.2, 0) is 25.5 Å². The quantitative estimate of drug-likeness (QED) is 0.344. The van der Waals surface area contributed by atoms with Gasteiger partial charge >= 0.3 is 36.4 Å². The largest absolute Gasteiger partial charge is 0.491 e. The number of H-pyrrole nitrogens is 1. The molecule has 0 saturated carbocycles. The summed E-state index contributed by atoms with van der Waals surface area (Å²) in [5.41, 5.74) is 2.06. The molecule has 0 radical (unpaired) electrons. The second-order valence-corrected chi connectivity index (χ2v) is 7.68. The number of esters is 2. The lowest BCUT2D eigenvalue weighted by Gasteiger charge is -2.18. The highest BCUT2D eigenvalue weighted by Gasteiger charge is 2.49. The number of carbonyl (C=O) groups excluding carboxylic acids is 3. The molecule has 1 saturated heterocycles. The number of halogens is 9. The van der Waals surface area contributed by atoms with Crippen molar-refractivity contribution in [3.63, 3.8) is 0 Å². The van der Waals surface area contributed by atoms with Crippen molar-refractivity contribution in [2.45, 2.75) is 43.8 Å². The Morgan fingerprint density at radius 1 is 1.00 bits per heavy atom. The number of fused-ring (bicyclic) bond motifs is 1. The lowest BCUT2D eigenvalue weighted by molar-refractivity contribution is -0.221. The number of aromatic amines is 1. The van der Waals surface area contributed by atoms with Crippen LogP contribution in [-0.4, -0.2) is 65.9 Å². The summed E-state index contributed by atoms with van der Waals surface area (Å²) in [6.45, 7) is 1.07. The summed E-state index contributed by atoms with van der Waals surface area (Å²) in [4.78, 5) is 35.8. The van der Waals surface area contributed by atoms with E-state index in [0.29, 0.717) is 6.04 Å². The van der Waals surface area contributed by atoms with Gasteiger partial charge in [0.05, 0.1) is 0 Å². The van der Waals surface area contributed by atoms with Crippen LogP contribution in [0.3, 0.4) is 0 Å². The highest BCUT2D eigenvalue weighted by molar-refractivity contribution is 5.97. The molecule has 2 aromatic rings. The van der Waals surface area contributed by atoms with E-state index in [2.05, 4.69) is 21.7 Å². The fourth-order valence-corrected chi connectivity index (χ4v) is 3.32. The number of likely N-dealkylation sites (N-methyl/N-ethyl adjacent to an activating group) is 1. The smallest absolute Gasteiger partial charge is 0.380 e. The van der Waals surface area contributed by atoms with Crippen molar-refractivity contribution in [2.24, 2.45) is 0 Å². The molecule has 16 heteroatoms. The van der Waals surface area contributed by atoms with Gasteiger partial charge < -0.3 is 19.9 Å². The van der Waals surface area contributed by atoms with E-state index in [1.54, 1.807) is 12.1 Å². The van der Waals surface area contributed by atoms with Gasteiger partial charge in [0.15, 0.2) is 0 Å². The molecule has 1 amide bonds. The van der Waals surface area contributed by atoms with E-state index in [-0.39, 0.29) is 5.69 Å². The van der Waals surface area contributed by atoms with Crippen LogP contribution < -0.4 is 5.32 Å². The van der Waals surface area contributed by atoms with Crippen LogP contribution in [0.1, 0.15) is 18.4 Å². The number of likely N-dealkylation sites (tertiary alicyclic amines) is 1. The summed E-state index contributed by atoms with van der Waals surface area (Å²) in [5, 5.41) is 2.76. The van der Waals surface area contributed by atoms with Gasteiger partial charge in [-0.25, -0.2) is 9.59 Å². The zero-order valence-electron chi connectivity index (χ0n) is 18.2. The van der Waals surface area contributed by atoms with E-state index >= 15 is 0 Å². The standard InChI is InChI=1S/C16H18F3N3O.C4F6O3/c1-22-6-2-3-12(22)7-10-9-20-14-5-4-11(8-13(10)14)21-15(23)16(17,18)19;5-3(6,7)1(11)13-2(12)4(8,9)10/h4-5,8-9,12,20H,2-3,6-7H2,1H3,(H,21,23);/t12-;/m1./s1. The molecule has 0 bridgehead atoms. The molecule has 36 heavy (non-hydrogen) atoms. The lowest BCUT2D eigenvalue weighted by atomic mass is 10.0. The Kier molecular flexibility index (Phi) is 8.65. The molecule has 1 aromatic carbocycles. The molecular weight excluding hydrogens is 517 g/mol. The molecule has 1 aliphatic heterocycles. The summed E-state index contributed by atoms with van der Waals surface area (Å²) in [7, 11) is 2.08. The summed E-state index contributed by atoms with van der Waals surface area (Å²) in [5.74, 6) is -8.35. The second kappa shape index (κ2) is 10.8. The van der Waals surface area contributed by atoms with Crippen molar-refractivity contribution in [3.05, 3.63) is 30.0 Å². The van der Waals surface area contributed by atoms with Crippen molar-refractivity contribution in [1.29, 1.82) is 0 Å². The van der Waals surface area contributed by atoms with E-state index in [1.165, 1.54) is 6.07 Å². The third-order valence-electron chi connectivity index (χ3n) is 5.06. The van der Waals surface area contributed by atoms with Crippen LogP contribution in [0.2, 0.25) is 0 Å². The number of amides is 1. The molecule has 1 atom stereocenters. The first-order chi connectivity index (χ1) is 16.4. The fourth-order valence-electron chi connectivity index (χ4n) is 3.32. The Bertz CT molecular complexity index is 1080. The Labute approximate surface area is 196 Å². The number of hydrogen-bond acceptors (Lipinski definition) is 5. The van der Waals surface area contributed by atoms with E-state index in [0.717, 1.165) is 42.3 Å². The number of ether oxygens (including phenoxy) is 1. The molecule has 200 valence electrons. The van der Waals surface area contributed by atoms with Crippen molar-refractivity contribution < 1.29 is 58.6 Å². The van der Waals surface area contributed by atoms with Gasteiger partial charge in [0.25, 0.3) is 0 Å². The van der Waals surface area contributed by atoms with Gasteiger partial charge in [-0.1, -0.05) is 0 Å². The van der Waals surface area contributed by atoms with E-state index in [9.17, 15) is 53.9 Å². The third-order valence-corrected chi connectivity index (χ3v) is 5.06. The van der Waals surface area contributed by atoms with Gasteiger partial charge in [-0.05, 0) is 56.6 Å². The molecule has 3 rings (SSSR count). The first kappa shape index (κ1) is 28.9. The predicted molar refractivity (Wildman–Crippen MR) is 106 cm³/mol. The van der Waals surface area contributed by atoms with E-state index < -0.39 is 36.4 Å². The Morgan fingerprint density at radius 2 is 1.58 bits per heavy atom. The summed E-state index contributed by atoms with van der Waals surface area (Å²) in [6, 6.07) is 5.19. The number of rotatable bonds is 3. The maximum atomic E-state index is 12.4. The van der Waals surface area contributed by atoms with Gasteiger partial charge in [0, 0.05) is 28.8 Å². The SMILES string of the molecule is CN1CCC[C@@H]1Cc1c[nH]c2ccc(NC(=O)C(F)(F)F)cc12.O=C(OC(=O)C(F)(F)F)C(F)(F)F. The van der Waals surface area contributed by atoms with Gasteiger partial charge in [-0.15, -0.1) is 0 Å². The number of anilines is 1. The summed E-state index contributed by atoms with van der Waals surface area (Å²) >= 11 is 0. The van der Waals surface area contributed by atoms with Crippen LogP contribution in [0.5, 0.6) is 0 Å². The number of benzene rings is 1. The zero-order chi connectivity index (χ0) is 27.5. The molecule has 0 unspecified atom stereocenters. The molecule has 1 fully saturated rings. The molecule has 0 aliphatic carbocycles. The number of hydrogen-bond donors (Lipinski definition) is 2. The first-order valence-corrected chi connectivity index (χ1v) is 9.98. The minimum absolute atomic E-state index is 0.153. The lowest BCUT2D eigenvalue weighted by Crippen LogP contribution is -2.34. The highest BCUT2D eigenvalue weighted by atomic mass is 19.4. The maximum absolute atomic E-state index is 12.4. The number of aromatic nitrogens is 1. The monoisotopic (exact) mass is 535 g/mol. The molecule has 1 aromatic heterocycles. The average Bonchev–Trinajstić information content (AvgIpc) is 3.32. The maximum Gasteiger partial charge on any atom is 0.491 e. The van der Waals surface area contributed by atoms with E-state index in [4.69, 9.17) is 0 Å². The Balaban J connectivity index is 0.000000302. The van der Waals surface area contributed by atoms with Crippen LogP contribution in [0.25, 0.3) is 10.9 Å². The third kappa shape index (κ3) is 7.86. The predicted octanol–water partition coefficient (Wildman–Crippen LogP) is 4.49. The van der Waals surface area contributed by atoms with E-state index in [1.807, 2.05) is 11.5 Å². The van der Waals surface area contributed by atoms with Crippen LogP contribution >= 0.6 is 0 Å².